The monoisotopic (exact) mass is 459 g/mol. The third kappa shape index (κ3) is 6.91. The number of amides is 1. The molecule has 0 atom stereocenters. The van der Waals surface area contributed by atoms with Crippen molar-refractivity contribution in [2.45, 2.75) is 60.0 Å². The highest BCUT2D eigenvalue weighted by Gasteiger charge is 2.15. The van der Waals surface area contributed by atoms with Crippen molar-refractivity contribution in [1.29, 1.82) is 0 Å². The molecule has 0 saturated carbocycles. The van der Waals surface area contributed by atoms with Crippen molar-refractivity contribution in [3.63, 3.8) is 0 Å². The third-order valence-corrected chi connectivity index (χ3v) is 4.95. The van der Waals surface area contributed by atoms with Gasteiger partial charge in [-0.1, -0.05) is 13.8 Å². The number of rotatable bonds is 5. The highest BCUT2D eigenvalue weighted by Crippen LogP contribution is 2.29. The minimum atomic E-state index is -0.725. The number of aromatic nitrogens is 2. The van der Waals surface area contributed by atoms with Crippen LogP contribution in [0.25, 0.3) is 21.7 Å². The molecule has 8 heteroatoms. The standard InChI is InChI=1S/C20H23FN2O2.C5H11NO2/c1-12(2)6-5-9-25-18-11-17-15(10-16(18)21)14-7-8-22-13(3)19(14)20(24)23(17)4;1-5(2,3)8-4(6)7/h7-8,10-12H,5-6,9H2,1-4H3;1-3H3,(H2,6,7). The van der Waals surface area contributed by atoms with E-state index in [4.69, 9.17) is 10.5 Å². The van der Waals surface area contributed by atoms with Gasteiger partial charge in [0.15, 0.2) is 11.6 Å². The highest BCUT2D eigenvalue weighted by atomic mass is 19.1. The van der Waals surface area contributed by atoms with Crippen molar-refractivity contribution >= 4 is 27.8 Å². The van der Waals surface area contributed by atoms with Crippen LogP contribution in [-0.2, 0) is 11.8 Å². The number of hydrogen-bond acceptors (Lipinski definition) is 5. The Morgan fingerprint density at radius 3 is 2.45 bits per heavy atom. The molecule has 1 amide bonds. The summed E-state index contributed by atoms with van der Waals surface area (Å²) < 4.78 is 26.3. The molecule has 2 aromatic heterocycles. The molecule has 0 saturated heterocycles. The Labute approximate surface area is 193 Å². The molecule has 33 heavy (non-hydrogen) atoms. The van der Waals surface area contributed by atoms with E-state index in [2.05, 4.69) is 23.6 Å². The van der Waals surface area contributed by atoms with E-state index in [1.54, 1.807) is 53.1 Å². The minimum absolute atomic E-state index is 0.134. The third-order valence-electron chi connectivity index (χ3n) is 4.95. The summed E-state index contributed by atoms with van der Waals surface area (Å²) >= 11 is 0. The minimum Gasteiger partial charge on any atom is -0.490 e. The lowest BCUT2D eigenvalue weighted by molar-refractivity contribution is 0.0600. The fourth-order valence-electron chi connectivity index (χ4n) is 3.46. The zero-order chi connectivity index (χ0) is 24.9. The molecule has 2 heterocycles. The molecule has 2 N–H and O–H groups in total. The maximum absolute atomic E-state index is 14.5. The zero-order valence-corrected chi connectivity index (χ0v) is 20.5. The van der Waals surface area contributed by atoms with Crippen LogP contribution < -0.4 is 16.0 Å². The average molecular weight is 460 g/mol. The van der Waals surface area contributed by atoms with Gasteiger partial charge in [0.1, 0.15) is 5.60 Å². The number of nitrogens with zero attached hydrogens (tertiary/aromatic N) is 2. The van der Waals surface area contributed by atoms with Gasteiger partial charge >= 0.3 is 6.09 Å². The van der Waals surface area contributed by atoms with E-state index in [9.17, 15) is 14.0 Å². The van der Waals surface area contributed by atoms with E-state index in [-0.39, 0.29) is 11.3 Å². The number of halogens is 1. The summed E-state index contributed by atoms with van der Waals surface area (Å²) in [4.78, 5) is 26.9. The quantitative estimate of drug-likeness (QED) is 0.416. The summed E-state index contributed by atoms with van der Waals surface area (Å²) in [6.07, 6.45) is 2.82. The Morgan fingerprint density at radius 2 is 1.91 bits per heavy atom. The van der Waals surface area contributed by atoms with E-state index in [0.717, 1.165) is 18.2 Å². The predicted molar refractivity (Wildman–Crippen MR) is 129 cm³/mol. The number of ether oxygens (including phenoxy) is 2. The summed E-state index contributed by atoms with van der Waals surface area (Å²) in [6.45, 7) is 11.8. The van der Waals surface area contributed by atoms with Crippen molar-refractivity contribution in [2.75, 3.05) is 6.61 Å². The van der Waals surface area contributed by atoms with Crippen LogP contribution >= 0.6 is 0 Å². The van der Waals surface area contributed by atoms with Gasteiger partial charge in [-0.2, -0.15) is 0 Å². The molecule has 0 unspecified atom stereocenters. The summed E-state index contributed by atoms with van der Waals surface area (Å²) in [5.74, 6) is 0.372. The van der Waals surface area contributed by atoms with Crippen molar-refractivity contribution < 1.29 is 18.7 Å². The van der Waals surface area contributed by atoms with E-state index >= 15 is 0 Å². The van der Waals surface area contributed by atoms with Gasteiger partial charge in [0.2, 0.25) is 0 Å². The van der Waals surface area contributed by atoms with Crippen molar-refractivity contribution in [3.05, 3.63) is 46.3 Å². The van der Waals surface area contributed by atoms with Crippen LogP contribution in [-0.4, -0.2) is 27.9 Å². The van der Waals surface area contributed by atoms with Crippen LogP contribution in [0.2, 0.25) is 0 Å². The summed E-state index contributed by atoms with van der Waals surface area (Å²) in [7, 11) is 1.69. The second-order valence-corrected chi connectivity index (χ2v) is 9.40. The molecule has 1 aromatic carbocycles. The average Bonchev–Trinajstić information content (AvgIpc) is 2.68. The lowest BCUT2D eigenvalue weighted by atomic mass is 10.1. The lowest BCUT2D eigenvalue weighted by Crippen LogP contribution is -2.27. The maximum Gasteiger partial charge on any atom is 0.405 e. The van der Waals surface area contributed by atoms with E-state index < -0.39 is 17.5 Å². The van der Waals surface area contributed by atoms with Crippen molar-refractivity contribution in [3.8, 4) is 5.75 Å². The number of carbonyl (C=O) groups excluding carboxylic acids is 1. The molecule has 7 nitrogen and oxygen atoms in total. The summed E-state index contributed by atoms with van der Waals surface area (Å²) in [5.41, 5.74) is 5.43. The van der Waals surface area contributed by atoms with Gasteiger partial charge in [0.05, 0.1) is 23.2 Å². The van der Waals surface area contributed by atoms with Crippen molar-refractivity contribution in [2.24, 2.45) is 18.7 Å². The molecule has 180 valence electrons. The molecule has 0 aliphatic rings. The van der Waals surface area contributed by atoms with Crippen LogP contribution in [0.4, 0.5) is 9.18 Å². The van der Waals surface area contributed by atoms with Gasteiger partial charge in [-0.15, -0.1) is 0 Å². The number of nitrogens with two attached hydrogens (primary N) is 1. The van der Waals surface area contributed by atoms with Gasteiger partial charge in [-0.25, -0.2) is 9.18 Å². The number of hydrogen-bond donors (Lipinski definition) is 1. The maximum atomic E-state index is 14.5. The first-order valence-electron chi connectivity index (χ1n) is 11.0. The lowest BCUT2D eigenvalue weighted by Gasteiger charge is -2.16. The predicted octanol–water partition coefficient (Wildman–Crippen LogP) is 5.23. The molecule has 0 fully saturated rings. The van der Waals surface area contributed by atoms with Gasteiger partial charge in [0.25, 0.3) is 5.56 Å². The Balaban J connectivity index is 0.000000414. The Morgan fingerprint density at radius 1 is 1.24 bits per heavy atom. The van der Waals surface area contributed by atoms with Gasteiger partial charge in [-0.3, -0.25) is 9.78 Å². The molecule has 0 spiro atoms. The topological polar surface area (TPSA) is 96.4 Å². The number of primary amides is 1. The number of fused-ring (bicyclic) bond motifs is 3. The SMILES string of the molecule is CC(C)(C)OC(N)=O.Cc1nccc2c1c(=O)n(C)c1cc(OCCCC(C)C)c(F)cc21. The first-order chi connectivity index (χ1) is 15.3. The van der Waals surface area contributed by atoms with Crippen LogP contribution in [0.15, 0.2) is 29.2 Å². The molecule has 0 aliphatic heterocycles. The second-order valence-electron chi connectivity index (χ2n) is 9.40. The first-order valence-corrected chi connectivity index (χ1v) is 11.0. The number of aryl methyl sites for hydroxylation is 2. The highest BCUT2D eigenvalue weighted by molar-refractivity contribution is 6.06. The van der Waals surface area contributed by atoms with Crippen LogP contribution in [0.3, 0.4) is 0 Å². The molecular weight excluding hydrogens is 425 g/mol. The fraction of sp³-hybridized carbons (Fsp3) is 0.480. The van der Waals surface area contributed by atoms with Crippen LogP contribution in [0.5, 0.6) is 5.75 Å². The normalized spacial score (nSPS) is 11.4. The molecule has 0 bridgehead atoms. The largest absolute Gasteiger partial charge is 0.490 e. The number of benzene rings is 1. The molecular formula is C25H34FN3O4. The summed E-state index contributed by atoms with van der Waals surface area (Å²) in [5, 5.41) is 1.94. The Hall–Kier alpha value is -3.16. The smallest absolute Gasteiger partial charge is 0.405 e. The van der Waals surface area contributed by atoms with Crippen LogP contribution in [0, 0.1) is 18.7 Å². The van der Waals surface area contributed by atoms with Gasteiger partial charge in [0, 0.05) is 24.7 Å². The number of pyridine rings is 2. The zero-order valence-electron chi connectivity index (χ0n) is 20.5. The molecule has 3 rings (SSSR count). The van der Waals surface area contributed by atoms with Gasteiger partial charge < -0.3 is 19.8 Å². The fourth-order valence-corrected chi connectivity index (χ4v) is 3.46. The van der Waals surface area contributed by atoms with E-state index in [1.165, 1.54) is 10.6 Å². The van der Waals surface area contributed by atoms with E-state index in [1.807, 2.05) is 0 Å². The molecule has 0 aliphatic carbocycles. The van der Waals surface area contributed by atoms with Crippen molar-refractivity contribution in [1.82, 2.24) is 9.55 Å². The van der Waals surface area contributed by atoms with Gasteiger partial charge in [-0.05, 0) is 64.0 Å². The molecule has 3 aromatic rings. The van der Waals surface area contributed by atoms with E-state index in [0.29, 0.717) is 34.5 Å². The Bertz CT molecular complexity index is 1200. The first kappa shape index (κ1) is 26.1. The second kappa shape index (κ2) is 10.6. The molecule has 0 radical (unpaired) electrons. The van der Waals surface area contributed by atoms with Crippen LogP contribution in [0.1, 0.15) is 53.2 Å². The number of carbonyl (C=O) groups is 1. The summed E-state index contributed by atoms with van der Waals surface area (Å²) in [6, 6.07) is 4.83. The Kier molecular flexibility index (Phi) is 8.41.